The van der Waals surface area contributed by atoms with Crippen molar-refractivity contribution in [3.05, 3.63) is 18.5 Å². The molecule has 0 bridgehead atoms. The van der Waals surface area contributed by atoms with Crippen LogP contribution >= 0.6 is 0 Å². The second-order valence-corrected chi connectivity index (χ2v) is 6.80. The predicted molar refractivity (Wildman–Crippen MR) is 87.9 cm³/mol. The second-order valence-electron chi connectivity index (χ2n) is 6.80. The predicted octanol–water partition coefficient (Wildman–Crippen LogP) is 1.71. The Balaban J connectivity index is 1.35. The van der Waals surface area contributed by atoms with Crippen molar-refractivity contribution in [2.45, 2.75) is 38.8 Å². The summed E-state index contributed by atoms with van der Waals surface area (Å²) >= 11 is 0. The Morgan fingerprint density at radius 3 is 2.64 bits per heavy atom. The molecule has 0 spiro atoms. The summed E-state index contributed by atoms with van der Waals surface area (Å²) < 4.78 is 7.48. The van der Waals surface area contributed by atoms with E-state index in [4.69, 9.17) is 4.74 Å². The number of likely N-dealkylation sites (tertiary alicyclic amines) is 1. The molecule has 5 heteroatoms. The molecule has 0 aromatic carbocycles. The van der Waals surface area contributed by atoms with Crippen LogP contribution in [0.1, 0.15) is 26.2 Å². The minimum Gasteiger partial charge on any atom is -0.379 e. The minimum absolute atomic E-state index is 0.661. The van der Waals surface area contributed by atoms with Gasteiger partial charge >= 0.3 is 0 Å². The molecule has 2 fully saturated rings. The molecule has 0 aliphatic carbocycles. The first kappa shape index (κ1) is 16.0. The third kappa shape index (κ3) is 4.54. The molecular formula is C17H30N4O. The highest BCUT2D eigenvalue weighted by atomic mass is 16.5. The van der Waals surface area contributed by atoms with E-state index in [1.54, 1.807) is 0 Å². The molecular weight excluding hydrogens is 276 g/mol. The van der Waals surface area contributed by atoms with Crippen LogP contribution in [0.3, 0.4) is 0 Å². The van der Waals surface area contributed by atoms with E-state index < -0.39 is 0 Å². The highest BCUT2D eigenvalue weighted by Gasteiger charge is 2.24. The van der Waals surface area contributed by atoms with Crippen LogP contribution in [0.2, 0.25) is 0 Å². The van der Waals surface area contributed by atoms with E-state index in [2.05, 4.69) is 28.0 Å². The van der Waals surface area contributed by atoms with Gasteiger partial charge < -0.3 is 9.64 Å². The van der Waals surface area contributed by atoms with E-state index in [0.29, 0.717) is 6.04 Å². The number of morpholine rings is 1. The molecule has 2 aliphatic heterocycles. The van der Waals surface area contributed by atoms with Gasteiger partial charge in [0.25, 0.3) is 0 Å². The molecule has 1 aromatic heterocycles. The summed E-state index contributed by atoms with van der Waals surface area (Å²) in [6.45, 7) is 11.3. The summed E-state index contributed by atoms with van der Waals surface area (Å²) in [7, 11) is 0. The summed E-state index contributed by atoms with van der Waals surface area (Å²) in [5, 5.41) is 4.29. The Labute approximate surface area is 134 Å². The second kappa shape index (κ2) is 8.09. The molecule has 0 saturated carbocycles. The summed E-state index contributed by atoms with van der Waals surface area (Å²) in [4.78, 5) is 5.25. The largest absolute Gasteiger partial charge is 0.379 e. The van der Waals surface area contributed by atoms with Gasteiger partial charge in [-0.05, 0) is 51.3 Å². The lowest BCUT2D eigenvalue weighted by atomic mass is 9.94. The molecule has 22 heavy (non-hydrogen) atoms. The third-order valence-corrected chi connectivity index (χ3v) is 5.23. The van der Waals surface area contributed by atoms with Gasteiger partial charge in [0.2, 0.25) is 0 Å². The molecule has 0 unspecified atom stereocenters. The molecule has 0 radical (unpaired) electrons. The zero-order chi connectivity index (χ0) is 15.2. The first-order valence-corrected chi connectivity index (χ1v) is 8.83. The summed E-state index contributed by atoms with van der Waals surface area (Å²) in [5.74, 6) is 0.882. The highest BCUT2D eigenvalue weighted by molar-refractivity contribution is 4.81. The molecule has 2 aliphatic rings. The molecule has 0 N–H and O–H groups in total. The van der Waals surface area contributed by atoms with E-state index in [1.165, 1.54) is 38.9 Å². The number of rotatable bonds is 6. The number of piperidine rings is 1. The normalized spacial score (nSPS) is 23.7. The lowest BCUT2D eigenvalue weighted by Crippen LogP contribution is -2.45. The number of hydrogen-bond donors (Lipinski definition) is 0. The average Bonchev–Trinajstić information content (AvgIpc) is 3.08. The van der Waals surface area contributed by atoms with Crippen LogP contribution in [0.25, 0.3) is 0 Å². The number of hydrogen-bond acceptors (Lipinski definition) is 4. The first-order chi connectivity index (χ1) is 10.8. The Morgan fingerprint density at radius 2 is 1.95 bits per heavy atom. The van der Waals surface area contributed by atoms with E-state index in [1.807, 2.05) is 16.9 Å². The van der Waals surface area contributed by atoms with Crippen LogP contribution in [0, 0.1) is 5.92 Å². The van der Waals surface area contributed by atoms with Crippen LogP contribution in [0.4, 0.5) is 0 Å². The van der Waals surface area contributed by atoms with Crippen LogP contribution in [-0.4, -0.2) is 71.6 Å². The van der Waals surface area contributed by atoms with Gasteiger partial charge in [0.1, 0.15) is 0 Å². The maximum atomic E-state index is 5.44. The van der Waals surface area contributed by atoms with Crippen LogP contribution in [0.5, 0.6) is 0 Å². The molecule has 124 valence electrons. The van der Waals surface area contributed by atoms with Crippen LogP contribution < -0.4 is 0 Å². The Hall–Kier alpha value is -0.910. The van der Waals surface area contributed by atoms with Crippen molar-refractivity contribution in [1.82, 2.24) is 19.6 Å². The summed E-state index contributed by atoms with van der Waals surface area (Å²) in [6.07, 6.45) is 7.81. The monoisotopic (exact) mass is 306 g/mol. The van der Waals surface area contributed by atoms with Crippen molar-refractivity contribution < 1.29 is 4.74 Å². The van der Waals surface area contributed by atoms with Gasteiger partial charge in [-0.2, -0.15) is 5.10 Å². The standard InChI is InChI=1S/C17H30N4O/c1-16(3-10-21-7-2-6-18-21)20-8-4-17(5-9-20)15-19-11-13-22-14-12-19/h2,6-7,16-17H,3-5,8-15H2,1H3/t16-/m1/s1. The molecule has 5 nitrogen and oxygen atoms in total. The Morgan fingerprint density at radius 1 is 1.18 bits per heavy atom. The Kier molecular flexibility index (Phi) is 5.87. The quantitative estimate of drug-likeness (QED) is 0.801. The highest BCUT2D eigenvalue weighted by Crippen LogP contribution is 2.21. The smallest absolute Gasteiger partial charge is 0.0594 e. The summed E-state index contributed by atoms with van der Waals surface area (Å²) in [5.41, 5.74) is 0. The lowest BCUT2D eigenvalue weighted by molar-refractivity contribution is 0.0224. The van der Waals surface area contributed by atoms with Gasteiger partial charge in [-0.3, -0.25) is 9.58 Å². The maximum Gasteiger partial charge on any atom is 0.0594 e. The molecule has 2 saturated heterocycles. The van der Waals surface area contributed by atoms with Crippen molar-refractivity contribution in [2.24, 2.45) is 5.92 Å². The molecule has 0 amide bonds. The van der Waals surface area contributed by atoms with Crippen LogP contribution in [-0.2, 0) is 11.3 Å². The number of nitrogens with zero attached hydrogens (tertiary/aromatic N) is 4. The van der Waals surface area contributed by atoms with E-state index in [9.17, 15) is 0 Å². The van der Waals surface area contributed by atoms with Crippen molar-refractivity contribution in [3.8, 4) is 0 Å². The van der Waals surface area contributed by atoms with Gasteiger partial charge in [-0.15, -0.1) is 0 Å². The fraction of sp³-hybridized carbons (Fsp3) is 0.824. The Bertz CT molecular complexity index is 408. The lowest BCUT2D eigenvalue weighted by Gasteiger charge is -2.38. The van der Waals surface area contributed by atoms with Gasteiger partial charge in [-0.1, -0.05) is 0 Å². The van der Waals surface area contributed by atoms with Crippen molar-refractivity contribution in [1.29, 1.82) is 0 Å². The molecule has 1 aromatic rings. The molecule has 3 heterocycles. The molecule has 3 rings (SSSR count). The average molecular weight is 306 g/mol. The van der Waals surface area contributed by atoms with E-state index >= 15 is 0 Å². The van der Waals surface area contributed by atoms with Crippen molar-refractivity contribution in [3.63, 3.8) is 0 Å². The number of aryl methyl sites for hydroxylation is 1. The topological polar surface area (TPSA) is 33.5 Å². The van der Waals surface area contributed by atoms with Crippen molar-refractivity contribution in [2.75, 3.05) is 45.9 Å². The fourth-order valence-corrected chi connectivity index (χ4v) is 3.66. The summed E-state index contributed by atoms with van der Waals surface area (Å²) in [6, 6.07) is 2.66. The van der Waals surface area contributed by atoms with Gasteiger partial charge in [-0.25, -0.2) is 0 Å². The van der Waals surface area contributed by atoms with Gasteiger partial charge in [0.15, 0.2) is 0 Å². The minimum atomic E-state index is 0.661. The zero-order valence-electron chi connectivity index (χ0n) is 13.9. The fourth-order valence-electron chi connectivity index (χ4n) is 3.66. The van der Waals surface area contributed by atoms with Gasteiger partial charge in [0.05, 0.1) is 13.2 Å². The van der Waals surface area contributed by atoms with E-state index in [0.717, 1.165) is 38.8 Å². The number of aromatic nitrogens is 2. The van der Waals surface area contributed by atoms with Gasteiger partial charge in [0, 0.05) is 44.6 Å². The zero-order valence-corrected chi connectivity index (χ0v) is 13.9. The van der Waals surface area contributed by atoms with E-state index in [-0.39, 0.29) is 0 Å². The van der Waals surface area contributed by atoms with Crippen LogP contribution in [0.15, 0.2) is 18.5 Å². The first-order valence-electron chi connectivity index (χ1n) is 8.83. The SMILES string of the molecule is C[C@H](CCn1cccn1)N1CCC(CN2CCOCC2)CC1. The maximum absolute atomic E-state index is 5.44. The van der Waals surface area contributed by atoms with Crippen molar-refractivity contribution >= 4 is 0 Å². The number of ether oxygens (including phenoxy) is 1. The third-order valence-electron chi connectivity index (χ3n) is 5.23. The molecule has 1 atom stereocenters.